The zero-order valence-electron chi connectivity index (χ0n) is 8.28. The first-order chi connectivity index (χ1) is 6.26. The molecule has 3 nitrogen and oxygen atoms in total. The Bertz CT molecular complexity index is 125. The Hall–Kier alpha value is -0.380. The molecule has 0 radical (unpaired) electrons. The van der Waals surface area contributed by atoms with Crippen LogP contribution in [0.5, 0.6) is 0 Å². The molecule has 0 aromatic carbocycles. The molecule has 13 heavy (non-hydrogen) atoms. The minimum atomic E-state index is -0.651. The number of aliphatic hydroxyl groups is 1. The van der Waals surface area contributed by atoms with E-state index in [2.05, 4.69) is 18.4 Å². The van der Waals surface area contributed by atoms with Gasteiger partial charge in [-0.3, -0.25) is 5.26 Å². The second-order valence-corrected chi connectivity index (χ2v) is 3.22. The van der Waals surface area contributed by atoms with Gasteiger partial charge in [0.1, 0.15) is 6.10 Å². The lowest BCUT2D eigenvalue weighted by atomic mass is 10.1. The maximum Gasteiger partial charge on any atom is 0.136 e. The average molecular weight is 188 g/mol. The molecule has 0 spiro atoms. The van der Waals surface area contributed by atoms with E-state index >= 15 is 0 Å². The summed E-state index contributed by atoms with van der Waals surface area (Å²) in [6.45, 7) is 5.59. The molecule has 3 heteroatoms. The van der Waals surface area contributed by atoms with Gasteiger partial charge in [-0.25, -0.2) is 4.89 Å². The lowest BCUT2D eigenvalue weighted by Crippen LogP contribution is -2.25. The van der Waals surface area contributed by atoms with Gasteiger partial charge in [0, 0.05) is 0 Å². The summed E-state index contributed by atoms with van der Waals surface area (Å²) in [4.78, 5) is 4.05. The highest BCUT2D eigenvalue weighted by Gasteiger charge is 2.15. The number of aliphatic hydroxyl groups excluding tert-OH is 1. The van der Waals surface area contributed by atoms with Crippen LogP contribution in [-0.4, -0.2) is 22.6 Å². The molecular weight excluding hydrogens is 168 g/mol. The lowest BCUT2D eigenvalue weighted by Gasteiger charge is -2.15. The minimum absolute atomic E-state index is 0.639. The molecule has 78 valence electrons. The van der Waals surface area contributed by atoms with Crippen LogP contribution in [0.25, 0.3) is 0 Å². The SMILES string of the molecule is C=C[C@@H](OO)[C@@H](O)CCCCCC. The fraction of sp³-hybridized carbons (Fsp3) is 0.800. The molecule has 0 bridgehead atoms. The number of unbranched alkanes of at least 4 members (excludes halogenated alkanes) is 3. The van der Waals surface area contributed by atoms with E-state index in [1.165, 1.54) is 18.9 Å². The van der Waals surface area contributed by atoms with Crippen molar-refractivity contribution >= 4 is 0 Å². The van der Waals surface area contributed by atoms with Crippen LogP contribution in [0.2, 0.25) is 0 Å². The highest BCUT2D eigenvalue weighted by atomic mass is 17.1. The van der Waals surface area contributed by atoms with E-state index in [0.717, 1.165) is 12.8 Å². The molecule has 0 saturated carbocycles. The highest BCUT2D eigenvalue weighted by molar-refractivity contribution is 4.84. The molecule has 0 aromatic rings. The fourth-order valence-corrected chi connectivity index (χ4v) is 1.21. The van der Waals surface area contributed by atoms with Gasteiger partial charge in [-0.2, -0.15) is 0 Å². The summed E-state index contributed by atoms with van der Waals surface area (Å²) < 4.78 is 0. The number of hydrogen-bond donors (Lipinski definition) is 2. The quantitative estimate of drug-likeness (QED) is 0.266. The van der Waals surface area contributed by atoms with Crippen LogP contribution in [0, 0.1) is 0 Å². The zero-order chi connectivity index (χ0) is 10.1. The van der Waals surface area contributed by atoms with E-state index in [1.807, 2.05) is 0 Å². The Balaban J connectivity index is 3.47. The van der Waals surface area contributed by atoms with Crippen molar-refractivity contribution in [3.05, 3.63) is 12.7 Å². The van der Waals surface area contributed by atoms with Gasteiger partial charge in [-0.1, -0.05) is 38.7 Å². The standard InChI is InChI=1S/C10H20O3/c1-3-5-6-7-8-9(11)10(4-2)13-12/h4,9-12H,2-3,5-8H2,1H3/t9-,10+/m0/s1. The third-order valence-corrected chi connectivity index (χ3v) is 2.09. The average Bonchev–Trinajstić information content (AvgIpc) is 2.14. The Kier molecular flexibility index (Phi) is 7.99. The van der Waals surface area contributed by atoms with Crippen molar-refractivity contribution in [1.82, 2.24) is 0 Å². The second kappa shape index (κ2) is 8.23. The van der Waals surface area contributed by atoms with Crippen LogP contribution in [0.15, 0.2) is 12.7 Å². The number of rotatable bonds is 8. The van der Waals surface area contributed by atoms with Gasteiger partial charge in [0.25, 0.3) is 0 Å². The smallest absolute Gasteiger partial charge is 0.136 e. The van der Waals surface area contributed by atoms with E-state index < -0.39 is 12.2 Å². The summed E-state index contributed by atoms with van der Waals surface area (Å²) >= 11 is 0. The molecule has 0 amide bonds. The van der Waals surface area contributed by atoms with Crippen LogP contribution in [0.1, 0.15) is 39.0 Å². The van der Waals surface area contributed by atoms with Crippen molar-refractivity contribution in [1.29, 1.82) is 0 Å². The third kappa shape index (κ3) is 5.80. The fourth-order valence-electron chi connectivity index (χ4n) is 1.21. The first-order valence-corrected chi connectivity index (χ1v) is 4.87. The van der Waals surface area contributed by atoms with Crippen LogP contribution >= 0.6 is 0 Å². The van der Waals surface area contributed by atoms with Gasteiger partial charge >= 0.3 is 0 Å². The molecule has 2 atom stereocenters. The van der Waals surface area contributed by atoms with Gasteiger partial charge in [-0.15, -0.1) is 6.58 Å². The predicted octanol–water partition coefficient (Wildman–Crippen LogP) is 2.36. The van der Waals surface area contributed by atoms with E-state index in [0.29, 0.717) is 6.42 Å². The summed E-state index contributed by atoms with van der Waals surface area (Å²) in [6.07, 6.45) is 5.21. The monoisotopic (exact) mass is 188 g/mol. The van der Waals surface area contributed by atoms with Gasteiger partial charge in [-0.05, 0) is 6.42 Å². The Morgan fingerprint density at radius 3 is 2.54 bits per heavy atom. The molecular formula is C10H20O3. The third-order valence-electron chi connectivity index (χ3n) is 2.09. The summed E-state index contributed by atoms with van der Waals surface area (Å²) in [6, 6.07) is 0. The highest BCUT2D eigenvalue weighted by Crippen LogP contribution is 2.10. The number of hydrogen-bond acceptors (Lipinski definition) is 3. The normalized spacial score (nSPS) is 15.3. The summed E-state index contributed by atoms with van der Waals surface area (Å²) in [5, 5.41) is 17.8. The van der Waals surface area contributed by atoms with Crippen molar-refractivity contribution in [3.8, 4) is 0 Å². The van der Waals surface area contributed by atoms with Crippen LogP contribution in [-0.2, 0) is 4.89 Å². The van der Waals surface area contributed by atoms with Crippen molar-refractivity contribution in [3.63, 3.8) is 0 Å². The maximum atomic E-state index is 9.45. The molecule has 0 fully saturated rings. The van der Waals surface area contributed by atoms with Crippen LogP contribution in [0.3, 0.4) is 0 Å². The van der Waals surface area contributed by atoms with E-state index in [4.69, 9.17) is 5.26 Å². The van der Waals surface area contributed by atoms with Crippen LogP contribution in [0.4, 0.5) is 0 Å². The Morgan fingerprint density at radius 1 is 1.38 bits per heavy atom. The molecule has 0 aliphatic heterocycles. The van der Waals surface area contributed by atoms with Gasteiger partial charge in [0.05, 0.1) is 6.10 Å². The Labute approximate surface area is 80.0 Å². The van der Waals surface area contributed by atoms with Crippen LogP contribution < -0.4 is 0 Å². The summed E-state index contributed by atoms with van der Waals surface area (Å²) in [5.41, 5.74) is 0. The molecule has 0 heterocycles. The predicted molar refractivity (Wildman–Crippen MR) is 52.5 cm³/mol. The van der Waals surface area contributed by atoms with Gasteiger partial charge in [0.15, 0.2) is 0 Å². The van der Waals surface area contributed by atoms with E-state index in [1.54, 1.807) is 0 Å². The molecule has 0 aliphatic rings. The zero-order valence-corrected chi connectivity index (χ0v) is 8.28. The van der Waals surface area contributed by atoms with E-state index in [9.17, 15) is 5.11 Å². The topological polar surface area (TPSA) is 49.7 Å². The van der Waals surface area contributed by atoms with Crippen molar-refractivity contribution in [2.45, 2.75) is 51.2 Å². The summed E-state index contributed by atoms with van der Waals surface area (Å²) in [5.74, 6) is 0. The first kappa shape index (κ1) is 12.6. The van der Waals surface area contributed by atoms with Crippen molar-refractivity contribution in [2.24, 2.45) is 0 Å². The molecule has 0 aromatic heterocycles. The molecule has 0 aliphatic carbocycles. The van der Waals surface area contributed by atoms with Crippen molar-refractivity contribution < 1.29 is 15.3 Å². The maximum absolute atomic E-state index is 9.45. The molecule has 0 unspecified atom stereocenters. The van der Waals surface area contributed by atoms with Gasteiger partial charge < -0.3 is 5.11 Å². The minimum Gasteiger partial charge on any atom is -0.390 e. The molecule has 0 saturated heterocycles. The largest absolute Gasteiger partial charge is 0.390 e. The Morgan fingerprint density at radius 2 is 2.08 bits per heavy atom. The first-order valence-electron chi connectivity index (χ1n) is 4.87. The van der Waals surface area contributed by atoms with Crippen molar-refractivity contribution in [2.75, 3.05) is 0 Å². The van der Waals surface area contributed by atoms with E-state index in [-0.39, 0.29) is 0 Å². The second-order valence-electron chi connectivity index (χ2n) is 3.22. The molecule has 0 rings (SSSR count). The lowest BCUT2D eigenvalue weighted by molar-refractivity contribution is -0.283. The van der Waals surface area contributed by atoms with Gasteiger partial charge in [0.2, 0.25) is 0 Å². The summed E-state index contributed by atoms with van der Waals surface area (Å²) in [7, 11) is 0. The molecule has 2 N–H and O–H groups in total.